The molecule has 17 heavy (non-hydrogen) atoms. The first-order valence-electron chi connectivity index (χ1n) is 6.91. The van der Waals surface area contributed by atoms with Crippen molar-refractivity contribution in [2.45, 2.75) is 58.5 Å². The maximum absolute atomic E-state index is 5.67. The van der Waals surface area contributed by atoms with Crippen LogP contribution in [0.2, 0.25) is 0 Å². The Morgan fingerprint density at radius 3 is 2.12 bits per heavy atom. The molecule has 0 spiro atoms. The van der Waals surface area contributed by atoms with Crippen molar-refractivity contribution in [3.05, 3.63) is 29.8 Å². The molecule has 1 aliphatic rings. The van der Waals surface area contributed by atoms with E-state index >= 15 is 0 Å². The van der Waals surface area contributed by atoms with Gasteiger partial charge >= 0.3 is 0 Å². The van der Waals surface area contributed by atoms with E-state index in [1.54, 1.807) is 0 Å². The first kappa shape index (κ1) is 12.5. The molecular weight excluding hydrogens is 208 g/mol. The summed E-state index contributed by atoms with van der Waals surface area (Å²) in [6.45, 7) is 6.50. The van der Waals surface area contributed by atoms with Crippen LogP contribution in [-0.4, -0.2) is 6.10 Å². The SMILES string of the molecule is CC1CCC(c2ccc(OC(C)C)cc2)CC1. The van der Waals surface area contributed by atoms with Gasteiger partial charge in [-0.3, -0.25) is 0 Å². The van der Waals surface area contributed by atoms with Crippen molar-refractivity contribution in [3.63, 3.8) is 0 Å². The Balaban J connectivity index is 1.97. The van der Waals surface area contributed by atoms with Crippen molar-refractivity contribution < 1.29 is 4.74 Å². The average molecular weight is 232 g/mol. The lowest BCUT2D eigenvalue weighted by Crippen LogP contribution is -2.11. The van der Waals surface area contributed by atoms with Gasteiger partial charge in [-0.25, -0.2) is 0 Å². The normalized spacial score (nSPS) is 24.9. The Kier molecular flexibility index (Phi) is 4.09. The molecule has 0 N–H and O–H groups in total. The lowest BCUT2D eigenvalue weighted by molar-refractivity contribution is 0.242. The maximum atomic E-state index is 5.67. The van der Waals surface area contributed by atoms with Crippen molar-refractivity contribution in [3.8, 4) is 5.75 Å². The summed E-state index contributed by atoms with van der Waals surface area (Å²) in [5.74, 6) is 2.70. The van der Waals surface area contributed by atoms with Crippen molar-refractivity contribution in [2.24, 2.45) is 5.92 Å². The van der Waals surface area contributed by atoms with E-state index in [0.29, 0.717) is 0 Å². The minimum atomic E-state index is 0.261. The molecule has 1 heteroatoms. The van der Waals surface area contributed by atoms with Crippen LogP contribution in [-0.2, 0) is 0 Å². The van der Waals surface area contributed by atoms with Gasteiger partial charge in [0.05, 0.1) is 6.10 Å². The van der Waals surface area contributed by atoms with Gasteiger partial charge in [-0.05, 0) is 56.2 Å². The third-order valence-electron chi connectivity index (χ3n) is 3.74. The molecule has 0 aromatic heterocycles. The van der Waals surface area contributed by atoms with E-state index in [-0.39, 0.29) is 6.10 Å². The molecule has 1 fully saturated rings. The Labute approximate surface area is 105 Å². The van der Waals surface area contributed by atoms with Crippen LogP contribution in [0.4, 0.5) is 0 Å². The van der Waals surface area contributed by atoms with Crippen LogP contribution in [0.15, 0.2) is 24.3 Å². The van der Waals surface area contributed by atoms with Gasteiger partial charge in [0.1, 0.15) is 5.75 Å². The summed E-state index contributed by atoms with van der Waals surface area (Å²) >= 11 is 0. The number of hydrogen-bond acceptors (Lipinski definition) is 1. The van der Waals surface area contributed by atoms with Crippen molar-refractivity contribution in [2.75, 3.05) is 0 Å². The predicted octanol–water partition coefficient (Wildman–Crippen LogP) is 4.77. The van der Waals surface area contributed by atoms with Gasteiger partial charge in [0.25, 0.3) is 0 Å². The first-order chi connectivity index (χ1) is 8.15. The Hall–Kier alpha value is -0.980. The highest BCUT2D eigenvalue weighted by Gasteiger charge is 2.19. The van der Waals surface area contributed by atoms with Gasteiger partial charge in [-0.2, -0.15) is 0 Å². The van der Waals surface area contributed by atoms with Crippen molar-refractivity contribution in [1.29, 1.82) is 0 Å². The fourth-order valence-corrected chi connectivity index (χ4v) is 2.68. The second-order valence-corrected chi connectivity index (χ2v) is 5.69. The van der Waals surface area contributed by atoms with Crippen molar-refractivity contribution >= 4 is 0 Å². The largest absolute Gasteiger partial charge is 0.491 e. The van der Waals surface area contributed by atoms with Crippen LogP contribution in [0.3, 0.4) is 0 Å². The second kappa shape index (κ2) is 5.57. The summed E-state index contributed by atoms with van der Waals surface area (Å²) in [5.41, 5.74) is 1.49. The van der Waals surface area contributed by atoms with E-state index in [1.807, 2.05) is 0 Å². The third-order valence-corrected chi connectivity index (χ3v) is 3.74. The molecule has 0 radical (unpaired) electrons. The average Bonchev–Trinajstić information content (AvgIpc) is 2.30. The highest BCUT2D eigenvalue weighted by Crippen LogP contribution is 2.35. The number of hydrogen-bond donors (Lipinski definition) is 0. The van der Waals surface area contributed by atoms with Crippen LogP contribution in [0.25, 0.3) is 0 Å². The van der Waals surface area contributed by atoms with Gasteiger partial charge in [0.2, 0.25) is 0 Å². The van der Waals surface area contributed by atoms with Crippen LogP contribution >= 0.6 is 0 Å². The molecule has 94 valence electrons. The molecular formula is C16H24O. The molecule has 1 aromatic carbocycles. The quantitative estimate of drug-likeness (QED) is 0.729. The molecule has 1 nitrogen and oxygen atoms in total. The zero-order chi connectivity index (χ0) is 12.3. The van der Waals surface area contributed by atoms with Crippen LogP contribution in [0.5, 0.6) is 5.75 Å². The van der Waals surface area contributed by atoms with E-state index in [1.165, 1.54) is 31.2 Å². The van der Waals surface area contributed by atoms with Crippen LogP contribution in [0.1, 0.15) is 57.9 Å². The van der Waals surface area contributed by atoms with Gasteiger partial charge in [0.15, 0.2) is 0 Å². The molecule has 0 aliphatic heterocycles. The predicted molar refractivity (Wildman–Crippen MR) is 72.6 cm³/mol. The minimum Gasteiger partial charge on any atom is -0.491 e. The fraction of sp³-hybridized carbons (Fsp3) is 0.625. The summed E-state index contributed by atoms with van der Waals surface area (Å²) in [6, 6.07) is 8.73. The van der Waals surface area contributed by atoms with Gasteiger partial charge in [-0.15, -0.1) is 0 Å². The topological polar surface area (TPSA) is 9.23 Å². The summed E-state index contributed by atoms with van der Waals surface area (Å²) in [4.78, 5) is 0. The first-order valence-corrected chi connectivity index (χ1v) is 6.91. The Morgan fingerprint density at radius 2 is 1.59 bits per heavy atom. The summed E-state index contributed by atoms with van der Waals surface area (Å²) in [6.07, 6.45) is 5.73. The third kappa shape index (κ3) is 3.49. The highest BCUT2D eigenvalue weighted by molar-refractivity contribution is 5.29. The second-order valence-electron chi connectivity index (χ2n) is 5.69. The van der Waals surface area contributed by atoms with E-state index in [2.05, 4.69) is 45.0 Å². The zero-order valence-corrected chi connectivity index (χ0v) is 11.3. The van der Waals surface area contributed by atoms with Gasteiger partial charge in [0, 0.05) is 0 Å². The van der Waals surface area contributed by atoms with Crippen LogP contribution < -0.4 is 4.74 Å². The molecule has 0 unspecified atom stereocenters. The van der Waals surface area contributed by atoms with Crippen LogP contribution in [0, 0.1) is 5.92 Å². The Bertz CT molecular complexity index is 331. The lowest BCUT2D eigenvalue weighted by Gasteiger charge is -2.26. The Morgan fingerprint density at radius 1 is 1.00 bits per heavy atom. The molecule has 0 atom stereocenters. The summed E-state index contributed by atoms with van der Waals surface area (Å²) in [5, 5.41) is 0. The molecule has 0 bridgehead atoms. The van der Waals surface area contributed by atoms with E-state index < -0.39 is 0 Å². The molecule has 0 saturated heterocycles. The van der Waals surface area contributed by atoms with E-state index in [0.717, 1.165) is 17.6 Å². The maximum Gasteiger partial charge on any atom is 0.119 e. The lowest BCUT2D eigenvalue weighted by atomic mass is 9.79. The van der Waals surface area contributed by atoms with Crippen molar-refractivity contribution in [1.82, 2.24) is 0 Å². The van der Waals surface area contributed by atoms with Gasteiger partial charge in [-0.1, -0.05) is 31.9 Å². The fourth-order valence-electron chi connectivity index (χ4n) is 2.68. The smallest absolute Gasteiger partial charge is 0.119 e. The number of benzene rings is 1. The van der Waals surface area contributed by atoms with E-state index in [4.69, 9.17) is 4.74 Å². The molecule has 0 amide bonds. The monoisotopic (exact) mass is 232 g/mol. The molecule has 1 aliphatic carbocycles. The molecule has 1 aromatic rings. The highest BCUT2D eigenvalue weighted by atomic mass is 16.5. The molecule has 2 rings (SSSR count). The number of rotatable bonds is 3. The molecule has 1 saturated carbocycles. The zero-order valence-electron chi connectivity index (χ0n) is 11.3. The summed E-state index contributed by atoms with van der Waals surface area (Å²) < 4.78 is 5.67. The molecule has 0 heterocycles. The van der Waals surface area contributed by atoms with Gasteiger partial charge < -0.3 is 4.74 Å². The number of ether oxygens (including phenoxy) is 1. The minimum absolute atomic E-state index is 0.261. The van der Waals surface area contributed by atoms with E-state index in [9.17, 15) is 0 Å². The summed E-state index contributed by atoms with van der Waals surface area (Å²) in [7, 11) is 0. The standard InChI is InChI=1S/C16H24O/c1-12(2)17-16-10-8-15(9-11-16)14-6-4-13(3)5-7-14/h8-14H,4-7H2,1-3H3.